The van der Waals surface area contributed by atoms with Crippen LogP contribution in [0.1, 0.15) is 0 Å². The van der Waals surface area contributed by atoms with Gasteiger partial charge in [0.15, 0.2) is 0 Å². The molecule has 0 saturated carbocycles. The third kappa shape index (κ3) is 2.92. The molecule has 0 atom stereocenters. The molecule has 0 spiro atoms. The van der Waals surface area contributed by atoms with E-state index in [1.54, 1.807) is 0 Å². The van der Waals surface area contributed by atoms with Gasteiger partial charge in [0.1, 0.15) is 11.6 Å². The normalized spacial score (nSPS) is 10.3. The largest absolute Gasteiger partial charge is 0.424 e. The zero-order chi connectivity index (χ0) is 12.4. The summed E-state index contributed by atoms with van der Waals surface area (Å²) in [6.45, 7) is 0. The SMILES string of the molecule is Nc1nc(Cl)nc(Oc2ccc(F)c(Cl)c2)n1. The van der Waals surface area contributed by atoms with Crippen LogP contribution in [0.25, 0.3) is 0 Å². The molecular weight excluding hydrogens is 270 g/mol. The first-order valence-electron chi connectivity index (χ1n) is 4.34. The van der Waals surface area contributed by atoms with E-state index in [9.17, 15) is 4.39 Å². The van der Waals surface area contributed by atoms with Crippen molar-refractivity contribution in [2.75, 3.05) is 5.73 Å². The van der Waals surface area contributed by atoms with E-state index in [4.69, 9.17) is 33.7 Å². The number of benzene rings is 1. The third-order valence-electron chi connectivity index (χ3n) is 1.71. The van der Waals surface area contributed by atoms with Gasteiger partial charge < -0.3 is 10.5 Å². The second-order valence-corrected chi connectivity index (χ2v) is 3.67. The van der Waals surface area contributed by atoms with Gasteiger partial charge >= 0.3 is 6.01 Å². The molecule has 1 aromatic carbocycles. The Morgan fingerprint density at radius 2 is 1.94 bits per heavy atom. The fraction of sp³-hybridized carbons (Fsp3) is 0. The van der Waals surface area contributed by atoms with Crippen LogP contribution in [0.3, 0.4) is 0 Å². The zero-order valence-corrected chi connectivity index (χ0v) is 9.71. The molecule has 2 rings (SSSR count). The van der Waals surface area contributed by atoms with Crippen LogP contribution in [0.5, 0.6) is 11.8 Å². The molecule has 1 aromatic heterocycles. The highest BCUT2D eigenvalue weighted by Crippen LogP contribution is 2.24. The predicted molar refractivity (Wildman–Crippen MR) is 60.7 cm³/mol. The molecule has 2 aromatic rings. The Kier molecular flexibility index (Phi) is 3.26. The second kappa shape index (κ2) is 4.68. The molecule has 0 aliphatic heterocycles. The van der Waals surface area contributed by atoms with Crippen LogP contribution in [0.15, 0.2) is 18.2 Å². The minimum Gasteiger partial charge on any atom is -0.424 e. The minimum atomic E-state index is -0.549. The van der Waals surface area contributed by atoms with Gasteiger partial charge in [-0.25, -0.2) is 4.39 Å². The number of nitrogens with zero attached hydrogens (tertiary/aromatic N) is 3. The number of hydrogen-bond donors (Lipinski definition) is 1. The lowest BCUT2D eigenvalue weighted by molar-refractivity contribution is 0.439. The fourth-order valence-corrected chi connectivity index (χ4v) is 1.37. The quantitative estimate of drug-likeness (QED) is 0.912. The van der Waals surface area contributed by atoms with Crippen molar-refractivity contribution in [3.63, 3.8) is 0 Å². The number of ether oxygens (including phenoxy) is 1. The monoisotopic (exact) mass is 274 g/mol. The first kappa shape index (κ1) is 11.8. The Labute approximate surface area is 105 Å². The van der Waals surface area contributed by atoms with E-state index in [-0.39, 0.29) is 28.0 Å². The molecular formula is C9H5Cl2FN4O. The molecule has 17 heavy (non-hydrogen) atoms. The molecule has 0 unspecified atom stereocenters. The van der Waals surface area contributed by atoms with Gasteiger partial charge in [-0.3, -0.25) is 0 Å². The minimum absolute atomic E-state index is 0.0735. The Morgan fingerprint density at radius 1 is 1.18 bits per heavy atom. The summed E-state index contributed by atoms with van der Waals surface area (Å²) < 4.78 is 18.1. The van der Waals surface area contributed by atoms with E-state index in [1.807, 2.05) is 0 Å². The van der Waals surface area contributed by atoms with E-state index < -0.39 is 5.82 Å². The number of halogens is 3. The summed E-state index contributed by atoms with van der Waals surface area (Å²) >= 11 is 11.1. The maximum atomic E-state index is 12.9. The molecule has 2 N–H and O–H groups in total. The third-order valence-corrected chi connectivity index (χ3v) is 2.16. The van der Waals surface area contributed by atoms with Crippen LogP contribution in [0.2, 0.25) is 10.3 Å². The number of nitrogens with two attached hydrogens (primary N) is 1. The van der Waals surface area contributed by atoms with E-state index in [2.05, 4.69) is 15.0 Å². The molecule has 0 aliphatic carbocycles. The van der Waals surface area contributed by atoms with Gasteiger partial charge in [-0.05, 0) is 23.7 Å². The topological polar surface area (TPSA) is 73.9 Å². The molecule has 0 amide bonds. The highest BCUT2D eigenvalue weighted by Gasteiger charge is 2.07. The van der Waals surface area contributed by atoms with Crippen molar-refractivity contribution in [3.8, 4) is 11.8 Å². The fourth-order valence-electron chi connectivity index (χ4n) is 1.04. The first-order chi connectivity index (χ1) is 8.04. The van der Waals surface area contributed by atoms with Crippen molar-refractivity contribution >= 4 is 29.2 Å². The van der Waals surface area contributed by atoms with Crippen molar-refractivity contribution in [3.05, 3.63) is 34.3 Å². The molecule has 0 aliphatic rings. The Hall–Kier alpha value is -1.66. The summed E-state index contributed by atoms with van der Waals surface area (Å²) in [6.07, 6.45) is 0. The predicted octanol–water partition coefficient (Wildman–Crippen LogP) is 2.69. The number of nitrogen functional groups attached to an aromatic ring is 1. The number of hydrogen-bond acceptors (Lipinski definition) is 5. The molecule has 5 nitrogen and oxygen atoms in total. The lowest BCUT2D eigenvalue weighted by Crippen LogP contribution is -2.00. The number of aromatic nitrogens is 3. The summed E-state index contributed by atoms with van der Waals surface area (Å²) in [6, 6.07) is 3.72. The summed E-state index contributed by atoms with van der Waals surface area (Å²) in [5, 5.41) is -0.170. The highest BCUT2D eigenvalue weighted by atomic mass is 35.5. The van der Waals surface area contributed by atoms with Crippen LogP contribution in [-0.4, -0.2) is 15.0 Å². The van der Waals surface area contributed by atoms with E-state index in [0.717, 1.165) is 6.07 Å². The van der Waals surface area contributed by atoms with Crippen LogP contribution in [0, 0.1) is 5.82 Å². The summed E-state index contributed by atoms with van der Waals surface area (Å²) in [5.74, 6) is -0.363. The Balaban J connectivity index is 2.28. The summed E-state index contributed by atoms with van der Waals surface area (Å²) in [5.41, 5.74) is 5.35. The van der Waals surface area contributed by atoms with Gasteiger partial charge in [-0.2, -0.15) is 15.0 Å². The van der Waals surface area contributed by atoms with Gasteiger partial charge in [0.2, 0.25) is 11.2 Å². The van der Waals surface area contributed by atoms with Crippen LogP contribution >= 0.6 is 23.2 Å². The Morgan fingerprint density at radius 3 is 2.59 bits per heavy atom. The van der Waals surface area contributed by atoms with Gasteiger partial charge in [0, 0.05) is 6.07 Å². The summed E-state index contributed by atoms with van der Waals surface area (Å²) in [7, 11) is 0. The second-order valence-electron chi connectivity index (χ2n) is 2.92. The van der Waals surface area contributed by atoms with Gasteiger partial charge in [0.05, 0.1) is 5.02 Å². The van der Waals surface area contributed by atoms with E-state index >= 15 is 0 Å². The summed E-state index contributed by atoms with van der Waals surface area (Å²) in [4.78, 5) is 10.9. The number of rotatable bonds is 2. The molecule has 88 valence electrons. The van der Waals surface area contributed by atoms with Crippen LogP contribution < -0.4 is 10.5 Å². The van der Waals surface area contributed by atoms with E-state index in [0.29, 0.717) is 0 Å². The molecule has 1 heterocycles. The zero-order valence-electron chi connectivity index (χ0n) is 8.19. The van der Waals surface area contributed by atoms with Crippen LogP contribution in [-0.2, 0) is 0 Å². The van der Waals surface area contributed by atoms with Crippen molar-refractivity contribution in [1.82, 2.24) is 15.0 Å². The Bertz CT molecular complexity index is 546. The molecule has 0 saturated heterocycles. The standard InChI is InChI=1S/C9H5Cl2FN4O/c10-5-3-4(1-2-6(5)12)17-9-15-7(11)14-8(13)16-9/h1-3H,(H2,13,14,15,16). The maximum Gasteiger partial charge on any atom is 0.328 e. The molecule has 8 heteroatoms. The van der Waals surface area contributed by atoms with Crippen molar-refractivity contribution in [2.45, 2.75) is 0 Å². The average Bonchev–Trinajstić information content (AvgIpc) is 2.22. The lowest BCUT2D eigenvalue weighted by Gasteiger charge is -2.04. The van der Waals surface area contributed by atoms with Crippen LogP contribution in [0.4, 0.5) is 10.3 Å². The first-order valence-corrected chi connectivity index (χ1v) is 5.10. The molecule has 0 bridgehead atoms. The lowest BCUT2D eigenvalue weighted by atomic mass is 10.3. The molecule has 0 fully saturated rings. The smallest absolute Gasteiger partial charge is 0.328 e. The maximum absolute atomic E-state index is 12.9. The van der Waals surface area contributed by atoms with Crippen molar-refractivity contribution in [2.24, 2.45) is 0 Å². The number of anilines is 1. The van der Waals surface area contributed by atoms with Crippen molar-refractivity contribution in [1.29, 1.82) is 0 Å². The van der Waals surface area contributed by atoms with Gasteiger partial charge in [-0.15, -0.1) is 0 Å². The van der Waals surface area contributed by atoms with Gasteiger partial charge in [-0.1, -0.05) is 11.6 Å². The average molecular weight is 275 g/mol. The van der Waals surface area contributed by atoms with E-state index in [1.165, 1.54) is 12.1 Å². The van der Waals surface area contributed by atoms with Gasteiger partial charge in [0.25, 0.3) is 0 Å². The molecule has 0 radical (unpaired) electrons. The highest BCUT2D eigenvalue weighted by molar-refractivity contribution is 6.30. The van der Waals surface area contributed by atoms with Crippen molar-refractivity contribution < 1.29 is 9.13 Å².